The summed E-state index contributed by atoms with van der Waals surface area (Å²) in [6.45, 7) is -2.05. The van der Waals surface area contributed by atoms with Crippen molar-refractivity contribution in [3.05, 3.63) is 12.7 Å². The maximum absolute atomic E-state index is 12.2. The molecule has 11 atom stereocenters. The molecule has 2 aromatic heterocycles. The Bertz CT molecular complexity index is 1360. The third-order valence-corrected chi connectivity index (χ3v) is 9.80. The molecule has 40 heavy (non-hydrogen) atoms. The van der Waals surface area contributed by atoms with E-state index in [1.54, 1.807) is 0 Å². The molecule has 0 amide bonds. The van der Waals surface area contributed by atoms with Crippen molar-refractivity contribution in [2.45, 2.75) is 49.1 Å². The molecule has 2 aliphatic heterocycles. The first-order valence-corrected chi connectivity index (χ1v) is 15.3. The molecule has 25 heteroatoms. The van der Waals surface area contributed by atoms with Crippen molar-refractivity contribution in [1.29, 1.82) is 0 Å². The zero-order valence-corrected chi connectivity index (χ0v) is 22.3. The third-order valence-electron chi connectivity index (χ3n) is 5.55. The summed E-state index contributed by atoms with van der Waals surface area (Å²) in [5, 5.41) is 49.0. The van der Waals surface area contributed by atoms with E-state index in [2.05, 4.69) is 37.4 Å². The second kappa shape index (κ2) is 11.6. The SMILES string of the molecule is Nc1ncnc2c1ncn2[C@@H]1O[C@H](COP(=O)(O)OP(=O)(O)OP(=O)(O)OC[C@H]2OC(O)[C@H](O)[C@@H]2O)[C@@H](O)[C@H]1O. The van der Waals surface area contributed by atoms with Crippen LogP contribution in [0.1, 0.15) is 6.23 Å². The van der Waals surface area contributed by atoms with E-state index in [1.165, 1.54) is 10.9 Å². The molecule has 0 radical (unpaired) electrons. The number of fused-ring (bicyclic) bond motifs is 1. The summed E-state index contributed by atoms with van der Waals surface area (Å²) in [6.07, 6.45) is -10.9. The lowest BCUT2D eigenvalue weighted by molar-refractivity contribution is -0.132. The summed E-state index contributed by atoms with van der Waals surface area (Å²) in [7, 11) is -17.0. The fourth-order valence-electron chi connectivity index (χ4n) is 3.68. The first-order chi connectivity index (χ1) is 18.5. The number of phosphoric acid groups is 3. The van der Waals surface area contributed by atoms with Crippen molar-refractivity contribution >= 4 is 40.4 Å². The van der Waals surface area contributed by atoms with Gasteiger partial charge in [-0.15, -0.1) is 0 Å². The Kier molecular flexibility index (Phi) is 9.14. The van der Waals surface area contributed by atoms with E-state index in [0.717, 1.165) is 6.33 Å². The van der Waals surface area contributed by atoms with E-state index in [-0.39, 0.29) is 17.0 Å². The third kappa shape index (κ3) is 6.92. The predicted octanol–water partition coefficient (Wildman–Crippen LogP) is -3.17. The van der Waals surface area contributed by atoms with Crippen molar-refractivity contribution in [1.82, 2.24) is 19.5 Å². The van der Waals surface area contributed by atoms with E-state index in [4.69, 9.17) is 10.5 Å². The molecular formula is C15H24N5O17P3. The summed E-state index contributed by atoms with van der Waals surface area (Å²) in [6, 6.07) is 0. The Hall–Kier alpha value is -1.52. The van der Waals surface area contributed by atoms with Crippen LogP contribution in [-0.4, -0.2) is 116 Å². The smallest absolute Gasteiger partial charge is 0.387 e. The molecule has 4 unspecified atom stereocenters. The molecule has 2 aromatic rings. The Labute approximate surface area is 222 Å². The fraction of sp³-hybridized carbons (Fsp3) is 0.667. The molecule has 2 fully saturated rings. The highest BCUT2D eigenvalue weighted by atomic mass is 31.3. The molecule has 226 valence electrons. The highest BCUT2D eigenvalue weighted by Crippen LogP contribution is 2.67. The first-order valence-electron chi connectivity index (χ1n) is 10.8. The van der Waals surface area contributed by atoms with Crippen LogP contribution in [0, 0.1) is 0 Å². The van der Waals surface area contributed by atoms with Crippen molar-refractivity contribution < 1.29 is 81.1 Å². The van der Waals surface area contributed by atoms with E-state index in [0.29, 0.717) is 0 Å². The Morgan fingerprint density at radius 1 is 0.800 bits per heavy atom. The number of aromatic nitrogens is 4. The van der Waals surface area contributed by atoms with Crippen molar-refractivity contribution in [3.8, 4) is 0 Å². The van der Waals surface area contributed by atoms with Gasteiger partial charge in [0.25, 0.3) is 0 Å². The van der Waals surface area contributed by atoms with E-state index in [1.807, 2.05) is 0 Å². The second-order valence-electron chi connectivity index (χ2n) is 8.34. The largest absolute Gasteiger partial charge is 0.490 e. The lowest BCUT2D eigenvalue weighted by Crippen LogP contribution is -2.34. The van der Waals surface area contributed by atoms with Crippen LogP contribution in [0.25, 0.3) is 11.2 Å². The molecule has 2 aliphatic rings. The van der Waals surface area contributed by atoms with Crippen molar-refractivity contribution in [2.24, 2.45) is 0 Å². The number of phosphoric ester groups is 2. The number of rotatable bonds is 11. The summed E-state index contributed by atoms with van der Waals surface area (Å²) in [5.74, 6) is 0.0190. The molecule has 4 rings (SSSR count). The number of anilines is 1. The molecule has 2 saturated heterocycles. The number of nitrogen functional groups attached to an aromatic ring is 1. The van der Waals surface area contributed by atoms with Crippen LogP contribution in [-0.2, 0) is 40.8 Å². The van der Waals surface area contributed by atoms with Gasteiger partial charge in [-0.05, 0) is 0 Å². The van der Waals surface area contributed by atoms with Gasteiger partial charge < -0.3 is 55.4 Å². The quantitative estimate of drug-likeness (QED) is 0.109. The molecule has 0 bridgehead atoms. The summed E-state index contributed by atoms with van der Waals surface area (Å²) >= 11 is 0. The fourth-order valence-corrected chi connectivity index (χ4v) is 7.20. The van der Waals surface area contributed by atoms with Gasteiger partial charge in [-0.1, -0.05) is 0 Å². The average molecular weight is 639 g/mol. The van der Waals surface area contributed by atoms with Gasteiger partial charge in [-0.3, -0.25) is 13.6 Å². The topological polar surface area (TPSA) is 338 Å². The minimum Gasteiger partial charge on any atom is -0.387 e. The van der Waals surface area contributed by atoms with Gasteiger partial charge in [-0.25, -0.2) is 28.6 Å². The van der Waals surface area contributed by atoms with Crippen LogP contribution in [0.2, 0.25) is 0 Å². The minimum atomic E-state index is -5.88. The number of aliphatic hydroxyl groups excluding tert-OH is 5. The summed E-state index contributed by atoms with van der Waals surface area (Å²) in [5.41, 5.74) is 5.98. The van der Waals surface area contributed by atoms with Crippen LogP contribution in [0.5, 0.6) is 0 Å². The van der Waals surface area contributed by atoms with Crippen LogP contribution < -0.4 is 5.73 Å². The van der Waals surface area contributed by atoms with E-state index >= 15 is 0 Å². The highest BCUT2D eigenvalue weighted by Gasteiger charge is 2.48. The lowest BCUT2D eigenvalue weighted by Gasteiger charge is -2.21. The van der Waals surface area contributed by atoms with E-state index < -0.39 is 85.8 Å². The second-order valence-corrected chi connectivity index (χ2v) is 13.0. The molecular weight excluding hydrogens is 615 g/mol. The van der Waals surface area contributed by atoms with Gasteiger partial charge in [0.1, 0.15) is 48.5 Å². The van der Waals surface area contributed by atoms with Crippen LogP contribution in [0.3, 0.4) is 0 Å². The zero-order chi connectivity index (χ0) is 29.6. The summed E-state index contributed by atoms with van der Waals surface area (Å²) in [4.78, 5) is 40.8. The van der Waals surface area contributed by atoms with Gasteiger partial charge >= 0.3 is 23.5 Å². The average Bonchev–Trinajstić information content (AvgIpc) is 3.47. The standard InChI is InChI=1S/C15H24N5O17P3/c16-12-7-13(18-3-17-12)20(4-19-7)14-10(23)8(21)5(34-14)1-32-38(26,27)36-40(30,31)37-39(28,29)33-2-6-9(22)11(24)15(25)35-6/h3-6,8-11,14-15,21-25H,1-2H2,(H,26,27)(H,28,29)(H,30,31)(H2,16,17,18)/t5-,6-,8-,9-,10-,11-,14-,15?/m1/s1. The van der Waals surface area contributed by atoms with Crippen LogP contribution in [0.15, 0.2) is 12.7 Å². The van der Waals surface area contributed by atoms with E-state index in [9.17, 15) is 53.9 Å². The number of nitrogens with zero attached hydrogens (tertiary/aromatic N) is 4. The highest BCUT2D eigenvalue weighted by molar-refractivity contribution is 7.66. The maximum atomic E-state index is 12.2. The number of aliphatic hydroxyl groups is 5. The number of hydrogen-bond acceptors (Lipinski definition) is 18. The molecule has 0 aliphatic carbocycles. The number of imidazole rings is 1. The van der Waals surface area contributed by atoms with Gasteiger partial charge in [0, 0.05) is 0 Å². The van der Waals surface area contributed by atoms with Crippen LogP contribution in [0.4, 0.5) is 5.82 Å². The predicted molar refractivity (Wildman–Crippen MR) is 122 cm³/mol. The number of ether oxygens (including phenoxy) is 2. The number of hydrogen-bond donors (Lipinski definition) is 9. The first kappa shape index (κ1) is 31.4. The monoisotopic (exact) mass is 639 g/mol. The Morgan fingerprint density at radius 3 is 1.90 bits per heavy atom. The molecule has 4 heterocycles. The van der Waals surface area contributed by atoms with Gasteiger partial charge in [-0.2, -0.15) is 8.62 Å². The molecule has 0 spiro atoms. The van der Waals surface area contributed by atoms with Gasteiger partial charge in [0.05, 0.1) is 19.5 Å². The van der Waals surface area contributed by atoms with Gasteiger partial charge in [0.2, 0.25) is 0 Å². The minimum absolute atomic E-state index is 0.0190. The summed E-state index contributed by atoms with van der Waals surface area (Å²) < 4.78 is 64.2. The Morgan fingerprint density at radius 2 is 1.35 bits per heavy atom. The lowest BCUT2D eigenvalue weighted by atomic mass is 10.1. The normalized spacial score (nSPS) is 35.4. The molecule has 0 aromatic carbocycles. The zero-order valence-electron chi connectivity index (χ0n) is 19.6. The van der Waals surface area contributed by atoms with Crippen molar-refractivity contribution in [3.63, 3.8) is 0 Å². The molecule has 22 nitrogen and oxygen atoms in total. The van der Waals surface area contributed by atoms with Crippen LogP contribution >= 0.6 is 23.5 Å². The molecule has 10 N–H and O–H groups in total. The number of nitrogens with two attached hydrogens (primary N) is 1. The van der Waals surface area contributed by atoms with Gasteiger partial charge in [0.15, 0.2) is 24.0 Å². The Balaban J connectivity index is 1.32. The maximum Gasteiger partial charge on any atom is 0.490 e. The van der Waals surface area contributed by atoms with Crippen molar-refractivity contribution in [2.75, 3.05) is 18.9 Å². The molecule has 0 saturated carbocycles.